The number of aromatic nitrogens is 1. The molecule has 80 heavy (non-hydrogen) atoms. The summed E-state index contributed by atoms with van der Waals surface area (Å²) in [5.74, 6) is 0. The monoisotopic (exact) mass is 1090 g/mol. The number of anilines is 9. The van der Waals surface area contributed by atoms with Crippen LogP contribution in [0.5, 0.6) is 0 Å². The lowest BCUT2D eigenvalue weighted by Crippen LogP contribution is -2.62. The van der Waals surface area contributed by atoms with Gasteiger partial charge in [0, 0.05) is 65.1 Å². The van der Waals surface area contributed by atoms with Gasteiger partial charge in [-0.1, -0.05) is 176 Å². The molecule has 9 aromatic carbocycles. The Bertz CT molecular complexity index is 5960. The van der Waals surface area contributed by atoms with Crippen LogP contribution < -0.4 is 31.1 Å². The van der Waals surface area contributed by atoms with Gasteiger partial charge in [-0.2, -0.15) is 0 Å². The van der Waals surface area contributed by atoms with Gasteiger partial charge in [0.05, 0.1) is 72.2 Å². The minimum atomic E-state index is -1.98. The highest BCUT2D eigenvalue weighted by atomic mass is 32.1. The van der Waals surface area contributed by atoms with Crippen LogP contribution >= 0.6 is 11.3 Å². The lowest BCUT2D eigenvalue weighted by molar-refractivity contribution is 0.590. The molecule has 398 valence electrons. The molecule has 0 amide bonds. The fraction of sp³-hybridized carbons (Fsp3) is 0.270. The Morgan fingerprint density at radius 2 is 0.912 bits per heavy atom. The van der Waals surface area contributed by atoms with Crippen LogP contribution in [0, 0.1) is 0 Å². The Labute approximate surface area is 517 Å². The van der Waals surface area contributed by atoms with Crippen LogP contribution in [0.3, 0.4) is 0 Å². The SMILES string of the molecule is [2H]c1c([2H])c2c3c(c1[2H])-n1c4c([2H])c([2H])c(C(C)(C)C)c([2H])c4c4c([2H])c(C(C)(C)C)c([2H])c(c41)N3c1c([2H])c(C(C)(C)C)c([2H])c3c1B2c1c([2H])c([2H])c(N(c2c([2H])c([2H])c(C(C)(C)C)c([2H])c2[2H])c2c([2H])c([2H])c(C(C)(C)C)c([2H])c2[2H])c([2H])c1N3c1c([2H])c([2H])c([2H])c2sc3c([2H])c([2H])c([2H])c([2H])c3c12. The molecule has 4 nitrogen and oxygen atoms in total. The van der Waals surface area contributed by atoms with E-state index in [1.165, 1.54) is 9.47 Å². The van der Waals surface area contributed by atoms with E-state index in [4.69, 9.17) is 2.74 Å². The number of thiophene rings is 1. The van der Waals surface area contributed by atoms with Crippen molar-refractivity contribution in [1.29, 1.82) is 0 Å². The number of nitrogens with zero attached hydrogens (tertiary/aromatic N) is 4. The molecule has 0 aliphatic carbocycles. The maximum atomic E-state index is 11.4. The molecule has 6 heteroatoms. The van der Waals surface area contributed by atoms with Crippen molar-refractivity contribution in [3.8, 4) is 5.69 Å². The molecule has 3 aliphatic heterocycles. The molecule has 0 saturated heterocycles. The van der Waals surface area contributed by atoms with E-state index in [1.807, 2.05) is 0 Å². The number of rotatable bonds is 4. The van der Waals surface area contributed by atoms with Crippen LogP contribution in [-0.2, 0) is 27.1 Å². The van der Waals surface area contributed by atoms with Gasteiger partial charge in [0.2, 0.25) is 0 Å². The Morgan fingerprint density at radius 3 is 1.55 bits per heavy atom. The topological polar surface area (TPSA) is 14.7 Å². The van der Waals surface area contributed by atoms with E-state index in [0.717, 1.165) is 4.90 Å². The van der Waals surface area contributed by atoms with Crippen molar-refractivity contribution in [2.24, 2.45) is 0 Å². The summed E-state index contributed by atoms with van der Waals surface area (Å²) < 4.78 is 284. The van der Waals surface area contributed by atoms with Crippen LogP contribution in [0.15, 0.2) is 169 Å². The van der Waals surface area contributed by atoms with E-state index in [-0.39, 0.29) is 122 Å². The summed E-state index contributed by atoms with van der Waals surface area (Å²) in [6, 6.07) is -19.9. The number of para-hydroxylation sites is 1. The van der Waals surface area contributed by atoms with Crippen LogP contribution in [0.4, 0.5) is 51.2 Å². The normalized spacial score (nSPS) is 19.0. The van der Waals surface area contributed by atoms with Gasteiger partial charge in [0.15, 0.2) is 0 Å². The number of fused-ring (bicyclic) bond motifs is 12. The van der Waals surface area contributed by atoms with Gasteiger partial charge < -0.3 is 19.3 Å². The maximum absolute atomic E-state index is 11.4. The van der Waals surface area contributed by atoms with Gasteiger partial charge in [0.1, 0.15) is 0 Å². The predicted molar refractivity (Wildman–Crippen MR) is 349 cm³/mol. The minimum absolute atomic E-state index is 0.0259. The second-order valence-corrected chi connectivity index (χ2v) is 27.1. The highest BCUT2D eigenvalue weighted by Gasteiger charge is 2.47. The minimum Gasteiger partial charge on any atom is -0.311 e. The summed E-state index contributed by atoms with van der Waals surface area (Å²) >= 11 is 0.660. The third-order valence-electron chi connectivity index (χ3n) is 15.1. The molecule has 0 spiro atoms. The molecule has 0 bridgehead atoms. The molecule has 0 radical (unpaired) electrons. The van der Waals surface area contributed by atoms with Crippen molar-refractivity contribution in [2.75, 3.05) is 14.7 Å². The lowest BCUT2D eigenvalue weighted by atomic mass is 9.33. The van der Waals surface area contributed by atoms with Crippen molar-refractivity contribution in [3.63, 3.8) is 0 Å². The third kappa shape index (κ3) is 7.60. The first-order valence-electron chi connectivity index (χ1n) is 40.7. The van der Waals surface area contributed by atoms with E-state index in [0.29, 0.717) is 16.2 Å². The number of hydrogen-bond donors (Lipinski definition) is 0. The molecule has 0 unspecified atom stereocenters. The fourth-order valence-corrected chi connectivity index (χ4v) is 11.8. The average Bonchev–Trinajstić information content (AvgIpc) is 0.966. The first-order chi connectivity index (χ1) is 49.6. The summed E-state index contributed by atoms with van der Waals surface area (Å²) in [6.07, 6.45) is 0. The summed E-state index contributed by atoms with van der Waals surface area (Å²) in [5, 5.41) is -0.751. The van der Waals surface area contributed by atoms with Crippen LogP contribution in [0.2, 0.25) is 0 Å². The third-order valence-corrected chi connectivity index (χ3v) is 16.1. The quantitative estimate of drug-likeness (QED) is 0.163. The standard InChI is InChI=1S/C74H73BN4S/c1-70(2,3)44-26-31-49(32-27-44)76(50-33-28-45(29-34-50)71(4,5)6)51-35-36-55-60(43-51)77(58-22-19-25-65-66(58)52-20-16-17-24-64(52)80-65)61-40-48(74(13,14)15)41-62-67(61)75(55)56-21-18-23-59-69(56)79(62)63-42-47(73(10,11)12)39-54-53-38-46(72(7,8)9)30-37-57(53)78(59)68(54)63/h16-43H,1-15H3/i16D,17D,18D,19D,20D,21D,22D,23D,24D,25D,26D,27D,28D,29D,30D,31D,32D,33D,34D,35D,36D,37D,38D,39D,40D,41D,42D,43D. The largest absolute Gasteiger partial charge is 0.311 e. The Balaban J connectivity index is 1.32. The zero-order chi connectivity index (χ0) is 80.3. The number of benzene rings is 9. The molecule has 0 fully saturated rings. The second kappa shape index (κ2) is 17.0. The predicted octanol–water partition coefficient (Wildman–Crippen LogP) is 19.5. The van der Waals surface area contributed by atoms with E-state index in [9.17, 15) is 35.6 Å². The van der Waals surface area contributed by atoms with Gasteiger partial charge >= 0.3 is 0 Å². The van der Waals surface area contributed by atoms with Crippen LogP contribution in [0.1, 0.15) is 170 Å². The van der Waals surface area contributed by atoms with E-state index < -0.39 is 224 Å². The molecule has 14 rings (SSSR count). The zero-order valence-corrected chi connectivity index (χ0v) is 48.1. The molecule has 5 heterocycles. The summed E-state index contributed by atoms with van der Waals surface area (Å²) in [4.78, 5) is 3.15. The van der Waals surface area contributed by atoms with Crippen LogP contribution in [0.25, 0.3) is 47.7 Å². The first kappa shape index (κ1) is 28.7. The van der Waals surface area contributed by atoms with E-state index in [1.54, 1.807) is 104 Å². The Kier molecular flexibility index (Phi) is 6.11. The van der Waals surface area contributed by atoms with E-state index >= 15 is 0 Å². The van der Waals surface area contributed by atoms with E-state index in [2.05, 4.69) is 0 Å². The highest BCUT2D eigenvalue weighted by Crippen LogP contribution is 2.56. The van der Waals surface area contributed by atoms with Crippen molar-refractivity contribution in [3.05, 3.63) is 197 Å². The summed E-state index contributed by atoms with van der Waals surface area (Å²) in [5.41, 5.74) is -13.1. The van der Waals surface area contributed by atoms with Gasteiger partial charge in [-0.25, -0.2) is 0 Å². The summed E-state index contributed by atoms with van der Waals surface area (Å²) in [6.45, 7) is 23.3. The molecule has 0 saturated carbocycles. The maximum Gasteiger partial charge on any atom is 0.252 e. The first-order valence-corrected chi connectivity index (χ1v) is 27.5. The Hall–Kier alpha value is -7.54. The fourth-order valence-electron chi connectivity index (χ4n) is 10.9. The van der Waals surface area contributed by atoms with Crippen molar-refractivity contribution in [2.45, 2.75) is 131 Å². The van der Waals surface area contributed by atoms with Crippen molar-refractivity contribution in [1.82, 2.24) is 4.57 Å². The molecule has 0 atom stereocenters. The average molecular weight is 1090 g/mol. The van der Waals surface area contributed by atoms with Gasteiger partial charge in [-0.05, 0) is 168 Å². The lowest BCUT2D eigenvalue weighted by Gasteiger charge is -2.47. The summed E-state index contributed by atoms with van der Waals surface area (Å²) in [7, 11) is 0. The second-order valence-electron chi connectivity index (χ2n) is 26.1. The molecule has 3 aliphatic rings. The number of hydrogen-bond acceptors (Lipinski definition) is 4. The molecule has 2 aromatic heterocycles. The van der Waals surface area contributed by atoms with Gasteiger partial charge in [-0.3, -0.25) is 0 Å². The molecule has 11 aromatic rings. The Morgan fingerprint density at radius 1 is 0.388 bits per heavy atom. The molecule has 0 N–H and O–H groups in total. The molecular formula is C74H73BN4S. The zero-order valence-electron chi connectivity index (χ0n) is 75.3. The van der Waals surface area contributed by atoms with Crippen LogP contribution in [-0.4, -0.2) is 11.3 Å². The van der Waals surface area contributed by atoms with Gasteiger partial charge in [-0.15, -0.1) is 11.3 Å². The van der Waals surface area contributed by atoms with Crippen molar-refractivity contribution >= 4 is 128 Å². The smallest absolute Gasteiger partial charge is 0.252 e. The van der Waals surface area contributed by atoms with Crippen molar-refractivity contribution < 1.29 is 38.4 Å². The van der Waals surface area contributed by atoms with Gasteiger partial charge in [0.25, 0.3) is 6.71 Å². The molecular weight excluding hydrogens is 988 g/mol. The highest BCUT2D eigenvalue weighted by molar-refractivity contribution is 7.26.